The van der Waals surface area contributed by atoms with Gasteiger partial charge in [0.25, 0.3) is 0 Å². The van der Waals surface area contributed by atoms with Crippen molar-refractivity contribution in [1.82, 2.24) is 14.6 Å². The van der Waals surface area contributed by atoms with Crippen molar-refractivity contribution in [3.8, 4) is 5.88 Å². The summed E-state index contributed by atoms with van der Waals surface area (Å²) in [7, 11) is -7.53. The van der Waals surface area contributed by atoms with Gasteiger partial charge in [-0.15, -0.1) is 6.58 Å². The lowest BCUT2D eigenvalue weighted by molar-refractivity contribution is -0.153. The van der Waals surface area contributed by atoms with Gasteiger partial charge in [-0.25, -0.2) is 21.8 Å². The first-order valence-electron chi connectivity index (χ1n) is 18.3. The van der Waals surface area contributed by atoms with Gasteiger partial charge in [-0.05, 0) is 80.0 Å². The number of sulfone groups is 1. The molecule has 0 unspecified atom stereocenters. The number of rotatable bonds is 8. The molecule has 2 aliphatic heterocycles. The summed E-state index contributed by atoms with van der Waals surface area (Å²) in [5.74, 6) is -3.31. The van der Waals surface area contributed by atoms with Gasteiger partial charge in [-0.2, -0.15) is 0 Å². The highest BCUT2D eigenvalue weighted by molar-refractivity contribution is 7.91. The molecule has 2 saturated carbocycles. The first-order valence-corrected chi connectivity index (χ1v) is 21.7. The van der Waals surface area contributed by atoms with E-state index in [1.807, 2.05) is 26.8 Å². The van der Waals surface area contributed by atoms with Gasteiger partial charge in [0.2, 0.25) is 27.7 Å². The number of hydrogen-bond acceptors (Lipinski definition) is 11. The molecule has 1 saturated heterocycles. The molecule has 15 heteroatoms. The molecule has 288 valence electrons. The molecule has 5 atom stereocenters. The topological polar surface area (TPSA) is 183 Å². The number of carbonyl (C=O) groups is 4. The largest absolute Gasteiger partial charge is 0.472 e. The van der Waals surface area contributed by atoms with Crippen molar-refractivity contribution < 1.29 is 45.5 Å². The second-order valence-corrected chi connectivity index (χ2v) is 20.2. The van der Waals surface area contributed by atoms with E-state index in [2.05, 4.69) is 16.3 Å². The summed E-state index contributed by atoms with van der Waals surface area (Å²) in [5.41, 5.74) is -1.27. The van der Waals surface area contributed by atoms with Crippen LogP contribution in [0.3, 0.4) is 0 Å². The first-order chi connectivity index (χ1) is 24.8. The minimum atomic E-state index is -3.88. The molecule has 2 aliphatic carbocycles. The van der Waals surface area contributed by atoms with Crippen LogP contribution in [0.4, 0.5) is 0 Å². The van der Waals surface area contributed by atoms with E-state index in [0.717, 1.165) is 18.2 Å². The number of ketones is 1. The Morgan fingerprint density at radius 3 is 2.47 bits per heavy atom. The van der Waals surface area contributed by atoms with E-state index >= 15 is 0 Å². The maximum Gasteiger partial charge on any atom is 0.306 e. The summed E-state index contributed by atoms with van der Waals surface area (Å²) >= 11 is 0. The smallest absolute Gasteiger partial charge is 0.306 e. The number of nitrogens with one attached hydrogen (secondary N) is 1. The molecule has 1 aromatic carbocycles. The predicted octanol–water partition coefficient (Wildman–Crippen LogP) is 4.07. The van der Waals surface area contributed by atoms with E-state index in [-0.39, 0.29) is 49.6 Å². The Bertz CT molecular complexity index is 2050. The van der Waals surface area contributed by atoms with Crippen molar-refractivity contribution in [3.63, 3.8) is 0 Å². The summed E-state index contributed by atoms with van der Waals surface area (Å²) in [5, 5.41) is 0.292. The summed E-state index contributed by atoms with van der Waals surface area (Å²) in [6.45, 7) is 9.43. The highest BCUT2D eigenvalue weighted by Gasteiger charge is 2.61. The fourth-order valence-electron chi connectivity index (χ4n) is 7.71. The first kappa shape index (κ1) is 38.9. The predicted molar refractivity (Wildman–Crippen MR) is 196 cm³/mol. The molecule has 4 aliphatic rings. The molecular weight excluding hydrogens is 723 g/mol. The lowest BCUT2D eigenvalue weighted by Gasteiger charge is -2.34. The maximum atomic E-state index is 14.6. The van der Waals surface area contributed by atoms with Gasteiger partial charge in [0.1, 0.15) is 6.10 Å². The van der Waals surface area contributed by atoms with Gasteiger partial charge in [0, 0.05) is 36.1 Å². The van der Waals surface area contributed by atoms with E-state index in [1.165, 1.54) is 11.1 Å². The number of carbonyl (C=O) groups excluding carboxylic acids is 4. The Balaban J connectivity index is 1.37. The molecule has 1 N–H and O–H groups in total. The summed E-state index contributed by atoms with van der Waals surface area (Å²) in [6, 6.07) is 4.07. The van der Waals surface area contributed by atoms with Crippen LogP contribution in [0.5, 0.6) is 5.88 Å². The van der Waals surface area contributed by atoms with Crippen molar-refractivity contribution in [3.05, 3.63) is 42.6 Å². The number of pyridine rings is 1. The number of hydrogen-bond donors (Lipinski definition) is 1. The number of cyclic esters (lactones) is 1. The van der Waals surface area contributed by atoms with Gasteiger partial charge in [0.15, 0.2) is 15.6 Å². The van der Waals surface area contributed by atoms with E-state index in [9.17, 15) is 36.0 Å². The second kappa shape index (κ2) is 14.4. The lowest BCUT2D eigenvalue weighted by atomic mass is 9.77. The summed E-state index contributed by atoms with van der Waals surface area (Å²) in [4.78, 5) is 61.6. The molecular formula is C38H49N3O10S2. The average molecular weight is 772 g/mol. The van der Waals surface area contributed by atoms with E-state index in [0.29, 0.717) is 42.9 Å². The molecule has 0 spiro atoms. The number of nitrogens with zero attached hydrogens (tertiary/aromatic N) is 2. The normalized spacial score (nSPS) is 27.4. The lowest BCUT2D eigenvalue weighted by Crippen LogP contribution is -2.48. The number of sulfonamides is 1. The number of aromatic nitrogens is 1. The number of fused-ring (bicyclic) bond motifs is 3. The molecule has 53 heavy (non-hydrogen) atoms. The van der Waals surface area contributed by atoms with Gasteiger partial charge in [-0.3, -0.25) is 23.9 Å². The Hall–Kier alpha value is -3.85. The summed E-state index contributed by atoms with van der Waals surface area (Å²) < 4.78 is 65.6. The number of ether oxygens (including phenoxy) is 2. The van der Waals surface area contributed by atoms with Gasteiger partial charge < -0.3 is 14.4 Å². The van der Waals surface area contributed by atoms with Crippen LogP contribution in [-0.4, -0.2) is 87.1 Å². The zero-order chi connectivity index (χ0) is 38.5. The van der Waals surface area contributed by atoms with Crippen LogP contribution in [0.25, 0.3) is 10.8 Å². The number of allylic oxidation sites excluding steroid dienone is 1. The average Bonchev–Trinajstić information content (AvgIpc) is 4.00. The summed E-state index contributed by atoms with van der Waals surface area (Å²) in [6.07, 6.45) is 6.62. The molecule has 6 rings (SSSR count). The van der Waals surface area contributed by atoms with E-state index in [1.54, 1.807) is 18.2 Å². The molecule has 1 aromatic heterocycles. The van der Waals surface area contributed by atoms with Crippen molar-refractivity contribution in [2.75, 3.05) is 19.4 Å². The van der Waals surface area contributed by atoms with Crippen LogP contribution < -0.4 is 9.46 Å². The fraction of sp³-hybridized carbons (Fsp3) is 0.605. The standard InChI is InChI=1S/C38H49N3O10S2/c1-6-24-20-38(24,36(45)40-53(48,49)26-11-12-26)21-31(42)30-18-25-22-41(30)35(44)29(37(2,3)4)19-33(43)50-15-9-7-8-10-23-16-28-27(13-14-39-34(28)51-25)32(17-23)52(5,46)47/h6,13-14,16-17,24-26,29-30H,1,7-12,15,18-22H2,2-5H3,(H,40,45)/t24-,25-,29-,30+,38-/m1/s1. The van der Waals surface area contributed by atoms with Crippen LogP contribution in [0.15, 0.2) is 41.9 Å². The fourth-order valence-corrected chi connectivity index (χ4v) is 10.0. The zero-order valence-electron chi connectivity index (χ0n) is 30.8. The Morgan fingerprint density at radius 1 is 1.09 bits per heavy atom. The van der Waals surface area contributed by atoms with Crippen LogP contribution in [0, 0.1) is 22.7 Å². The van der Waals surface area contributed by atoms with Crippen molar-refractivity contribution in [1.29, 1.82) is 0 Å². The maximum absolute atomic E-state index is 14.6. The Labute approximate surface area is 311 Å². The third-order valence-electron chi connectivity index (χ3n) is 11.1. The minimum absolute atomic E-state index is 0.0272. The number of Topliss-reactive ketones (excluding diaryl/α,β-unsaturated/α-hetero) is 1. The highest BCUT2D eigenvalue weighted by atomic mass is 32.2. The minimum Gasteiger partial charge on any atom is -0.472 e. The van der Waals surface area contributed by atoms with Crippen LogP contribution in [0.1, 0.15) is 84.1 Å². The van der Waals surface area contributed by atoms with E-state index in [4.69, 9.17) is 9.47 Å². The molecule has 4 bridgehead atoms. The van der Waals surface area contributed by atoms with Gasteiger partial charge >= 0.3 is 5.97 Å². The van der Waals surface area contributed by atoms with Crippen LogP contribution in [-0.2, 0) is 50.2 Å². The number of benzene rings is 1. The van der Waals surface area contributed by atoms with Crippen LogP contribution in [0.2, 0.25) is 0 Å². The third-order valence-corrected chi connectivity index (χ3v) is 14.1. The Morgan fingerprint density at radius 2 is 1.83 bits per heavy atom. The Kier molecular flexibility index (Phi) is 10.6. The van der Waals surface area contributed by atoms with Crippen molar-refractivity contribution in [2.45, 2.75) is 107 Å². The highest BCUT2D eigenvalue weighted by Crippen LogP contribution is 2.57. The number of amides is 2. The van der Waals surface area contributed by atoms with Gasteiger partial charge in [0.05, 0.1) is 47.1 Å². The zero-order valence-corrected chi connectivity index (χ0v) is 32.4. The quantitative estimate of drug-likeness (QED) is 0.302. The van der Waals surface area contributed by atoms with Gasteiger partial charge in [-0.1, -0.05) is 26.8 Å². The molecule has 0 radical (unpaired) electrons. The molecule has 13 nitrogen and oxygen atoms in total. The van der Waals surface area contributed by atoms with Crippen LogP contribution >= 0.6 is 0 Å². The van der Waals surface area contributed by atoms with Crippen molar-refractivity contribution >= 4 is 54.2 Å². The molecule has 3 fully saturated rings. The van der Waals surface area contributed by atoms with Crippen molar-refractivity contribution in [2.24, 2.45) is 22.7 Å². The SMILES string of the molecule is C=C[C@@H]1C[C@]1(CC(=O)[C@@H]1C[C@@H]2CN1C(=O)[C@H](C(C)(C)C)CC(=O)OCCCCCc1cc(S(C)(=O)=O)c3ccnc(c3c1)O2)C(=O)NS(=O)(=O)C1CC1. The molecule has 3 heterocycles. The molecule has 2 aromatic rings. The monoisotopic (exact) mass is 771 g/mol. The molecule has 2 amide bonds. The third kappa shape index (κ3) is 8.30. The second-order valence-electron chi connectivity index (χ2n) is 16.2. The number of esters is 1. The van der Waals surface area contributed by atoms with E-state index < -0.39 is 83.5 Å². The number of aryl methyl sites for hydroxylation is 1.